The number of imidazole rings is 1. The van der Waals surface area contributed by atoms with Crippen LogP contribution >= 0.6 is 0 Å². The van der Waals surface area contributed by atoms with Crippen LogP contribution in [0.15, 0.2) is 30.7 Å². The second kappa shape index (κ2) is 4.57. The molecular formula is C14H17N3O3. The molecule has 106 valence electrons. The molecule has 3 rings (SSSR count). The van der Waals surface area contributed by atoms with Gasteiger partial charge in [-0.25, -0.2) is 4.98 Å². The molecule has 1 aliphatic rings. The minimum atomic E-state index is -1.12. The Hall–Kier alpha value is -1.92. The molecule has 6 heteroatoms. The van der Waals surface area contributed by atoms with E-state index in [1.807, 2.05) is 0 Å². The average molecular weight is 275 g/mol. The molecule has 1 amide bonds. The second-order valence-electron chi connectivity index (χ2n) is 5.48. The van der Waals surface area contributed by atoms with Gasteiger partial charge in [0.05, 0.1) is 17.3 Å². The van der Waals surface area contributed by atoms with Gasteiger partial charge in [-0.2, -0.15) is 0 Å². The Bertz CT molecular complexity index is 650. The van der Waals surface area contributed by atoms with E-state index in [0.717, 1.165) is 5.65 Å². The van der Waals surface area contributed by atoms with Crippen LogP contribution in [0.1, 0.15) is 23.7 Å². The first kappa shape index (κ1) is 13.1. The van der Waals surface area contributed by atoms with E-state index < -0.39 is 11.7 Å². The van der Waals surface area contributed by atoms with Gasteiger partial charge in [0.25, 0.3) is 5.91 Å². The molecule has 0 saturated carbocycles. The summed E-state index contributed by atoms with van der Waals surface area (Å²) in [5, 5.41) is 19.8. The summed E-state index contributed by atoms with van der Waals surface area (Å²) in [4.78, 5) is 18.1. The number of β-amino-alcohol motifs (C(OH)–C–C–N with tert-alkyl or cyclic N) is 1. The van der Waals surface area contributed by atoms with Gasteiger partial charge >= 0.3 is 0 Å². The number of aliphatic hydroxyl groups excluding tert-OH is 1. The van der Waals surface area contributed by atoms with Gasteiger partial charge in [0.15, 0.2) is 0 Å². The molecule has 6 nitrogen and oxygen atoms in total. The molecule has 20 heavy (non-hydrogen) atoms. The highest BCUT2D eigenvalue weighted by Crippen LogP contribution is 2.23. The number of nitrogens with zero attached hydrogens (tertiary/aromatic N) is 3. The van der Waals surface area contributed by atoms with E-state index in [-0.39, 0.29) is 12.5 Å². The molecule has 0 radical (unpaired) electrons. The van der Waals surface area contributed by atoms with E-state index >= 15 is 0 Å². The smallest absolute Gasteiger partial charge is 0.255 e. The van der Waals surface area contributed by atoms with Crippen LogP contribution in [0, 0.1) is 0 Å². The molecule has 0 bridgehead atoms. The van der Waals surface area contributed by atoms with Gasteiger partial charge in [0, 0.05) is 31.7 Å². The summed E-state index contributed by atoms with van der Waals surface area (Å²) >= 11 is 0. The van der Waals surface area contributed by atoms with Crippen molar-refractivity contribution in [1.29, 1.82) is 0 Å². The fourth-order valence-electron chi connectivity index (χ4n) is 2.44. The lowest BCUT2D eigenvalue weighted by Gasteiger charge is -2.39. The van der Waals surface area contributed by atoms with Crippen molar-refractivity contribution < 1.29 is 15.0 Å². The number of amides is 1. The number of aromatic nitrogens is 2. The van der Waals surface area contributed by atoms with Crippen LogP contribution in [-0.2, 0) is 0 Å². The van der Waals surface area contributed by atoms with Gasteiger partial charge in [-0.3, -0.25) is 4.79 Å². The zero-order valence-corrected chi connectivity index (χ0v) is 11.2. The van der Waals surface area contributed by atoms with Gasteiger partial charge in [-0.15, -0.1) is 0 Å². The van der Waals surface area contributed by atoms with E-state index in [9.17, 15) is 15.0 Å². The lowest BCUT2D eigenvalue weighted by molar-refractivity contribution is -0.0999. The first-order valence-corrected chi connectivity index (χ1v) is 6.60. The van der Waals surface area contributed by atoms with Crippen LogP contribution in [-0.4, -0.2) is 55.2 Å². The largest absolute Gasteiger partial charge is 0.388 e. The predicted octanol–water partition coefficient (Wildman–Crippen LogP) is 0.292. The van der Waals surface area contributed by atoms with Crippen molar-refractivity contribution in [3.63, 3.8) is 0 Å². The summed E-state index contributed by atoms with van der Waals surface area (Å²) in [7, 11) is 0. The summed E-state index contributed by atoms with van der Waals surface area (Å²) in [5.41, 5.74) is 0.206. The molecule has 2 aromatic heterocycles. The van der Waals surface area contributed by atoms with Crippen molar-refractivity contribution >= 4 is 11.6 Å². The third-order valence-electron chi connectivity index (χ3n) is 3.92. The predicted molar refractivity (Wildman–Crippen MR) is 72.3 cm³/mol. The number of fused-ring (bicyclic) bond motifs is 1. The van der Waals surface area contributed by atoms with Crippen LogP contribution in [0.4, 0.5) is 0 Å². The molecule has 2 aromatic rings. The number of likely N-dealkylation sites (tertiary alicyclic amines) is 1. The SMILES string of the molecule is C[C@@]1(O)CCN(C(=O)c2ccc3nccn3c2)C[C@H]1O. The van der Waals surface area contributed by atoms with Crippen LogP contribution < -0.4 is 0 Å². The van der Waals surface area contributed by atoms with Gasteiger partial charge in [0.1, 0.15) is 5.65 Å². The van der Waals surface area contributed by atoms with Gasteiger partial charge in [-0.05, 0) is 25.5 Å². The Morgan fingerprint density at radius 3 is 3.05 bits per heavy atom. The first-order chi connectivity index (χ1) is 9.47. The third-order valence-corrected chi connectivity index (χ3v) is 3.92. The van der Waals surface area contributed by atoms with Crippen molar-refractivity contribution in [2.24, 2.45) is 0 Å². The average Bonchev–Trinajstić information content (AvgIpc) is 2.88. The van der Waals surface area contributed by atoms with Crippen LogP contribution in [0.2, 0.25) is 0 Å². The highest BCUT2D eigenvalue weighted by atomic mass is 16.3. The Morgan fingerprint density at radius 2 is 2.30 bits per heavy atom. The third kappa shape index (κ3) is 2.17. The van der Waals surface area contributed by atoms with Crippen LogP contribution in [0.3, 0.4) is 0 Å². The van der Waals surface area contributed by atoms with Crippen molar-refractivity contribution in [2.45, 2.75) is 25.0 Å². The number of carbonyl (C=O) groups excluding carboxylic acids is 1. The summed E-state index contributed by atoms with van der Waals surface area (Å²) in [6.45, 7) is 2.18. The monoisotopic (exact) mass is 275 g/mol. The maximum absolute atomic E-state index is 12.4. The van der Waals surface area contributed by atoms with Crippen LogP contribution in [0.25, 0.3) is 5.65 Å². The molecule has 0 aromatic carbocycles. The molecule has 1 fully saturated rings. The lowest BCUT2D eigenvalue weighted by atomic mass is 9.90. The van der Waals surface area contributed by atoms with E-state index in [2.05, 4.69) is 4.98 Å². The molecular weight excluding hydrogens is 258 g/mol. The summed E-state index contributed by atoms with van der Waals surface area (Å²) in [6, 6.07) is 3.51. The lowest BCUT2D eigenvalue weighted by Crippen LogP contribution is -2.55. The molecule has 0 spiro atoms. The highest BCUT2D eigenvalue weighted by Gasteiger charge is 2.38. The summed E-state index contributed by atoms with van der Waals surface area (Å²) in [6.07, 6.45) is 4.63. The van der Waals surface area contributed by atoms with Gasteiger partial charge < -0.3 is 19.5 Å². The van der Waals surface area contributed by atoms with Crippen molar-refractivity contribution in [2.75, 3.05) is 13.1 Å². The zero-order chi connectivity index (χ0) is 14.3. The number of rotatable bonds is 1. The maximum atomic E-state index is 12.4. The molecule has 0 unspecified atom stereocenters. The Morgan fingerprint density at radius 1 is 1.50 bits per heavy atom. The quantitative estimate of drug-likeness (QED) is 0.784. The standard InChI is InChI=1S/C14H17N3O3/c1-14(20)4-6-17(9-11(14)18)13(19)10-2-3-12-15-5-7-16(12)8-10/h2-3,5,7-8,11,18,20H,4,6,9H2,1H3/t11-,14-/m1/s1. The number of hydrogen-bond acceptors (Lipinski definition) is 4. The maximum Gasteiger partial charge on any atom is 0.255 e. The van der Waals surface area contributed by atoms with Gasteiger partial charge in [0.2, 0.25) is 0 Å². The number of aliphatic hydroxyl groups is 2. The number of piperidine rings is 1. The Labute approximate surface area is 116 Å². The van der Waals surface area contributed by atoms with Crippen molar-refractivity contribution in [3.05, 3.63) is 36.3 Å². The van der Waals surface area contributed by atoms with Gasteiger partial charge in [-0.1, -0.05) is 0 Å². The van der Waals surface area contributed by atoms with E-state index in [1.165, 1.54) is 0 Å². The normalized spacial score (nSPS) is 26.9. The Balaban J connectivity index is 1.82. The number of hydrogen-bond donors (Lipinski definition) is 2. The first-order valence-electron chi connectivity index (χ1n) is 6.60. The molecule has 3 heterocycles. The van der Waals surface area contributed by atoms with Crippen molar-refractivity contribution in [1.82, 2.24) is 14.3 Å². The summed E-state index contributed by atoms with van der Waals surface area (Å²) < 4.78 is 1.78. The minimum Gasteiger partial charge on any atom is -0.388 e. The molecule has 2 N–H and O–H groups in total. The molecule has 0 aliphatic carbocycles. The molecule has 1 saturated heterocycles. The number of pyridine rings is 1. The second-order valence-corrected chi connectivity index (χ2v) is 5.48. The van der Waals surface area contributed by atoms with E-state index in [0.29, 0.717) is 18.5 Å². The van der Waals surface area contributed by atoms with Crippen molar-refractivity contribution in [3.8, 4) is 0 Å². The Kier molecular flexibility index (Phi) is 2.99. The van der Waals surface area contributed by atoms with E-state index in [1.54, 1.807) is 46.9 Å². The highest BCUT2D eigenvalue weighted by molar-refractivity contribution is 5.94. The van der Waals surface area contributed by atoms with E-state index in [4.69, 9.17) is 0 Å². The zero-order valence-electron chi connectivity index (χ0n) is 11.2. The molecule has 2 atom stereocenters. The fourth-order valence-corrected chi connectivity index (χ4v) is 2.44. The minimum absolute atomic E-state index is 0.143. The van der Waals surface area contributed by atoms with Crippen LogP contribution in [0.5, 0.6) is 0 Å². The fraction of sp³-hybridized carbons (Fsp3) is 0.429. The topological polar surface area (TPSA) is 78.1 Å². The number of carbonyl (C=O) groups is 1. The molecule has 1 aliphatic heterocycles. The summed E-state index contributed by atoms with van der Waals surface area (Å²) in [5.74, 6) is -0.143.